The number of benzene rings is 2. The molecule has 0 heteroatoms. The summed E-state index contributed by atoms with van der Waals surface area (Å²) in [4.78, 5) is 0. The second-order valence-electron chi connectivity index (χ2n) is 4.44. The minimum atomic E-state index is 1.13. The van der Waals surface area contributed by atoms with Crippen LogP contribution in [0.2, 0.25) is 0 Å². The smallest absolute Gasteiger partial charge is 0.0184 e. The van der Waals surface area contributed by atoms with Crippen LogP contribution in [0.4, 0.5) is 0 Å². The van der Waals surface area contributed by atoms with E-state index >= 15 is 0 Å². The van der Waals surface area contributed by atoms with Gasteiger partial charge in [-0.05, 0) is 48.4 Å². The fraction of sp³-hybridized carbons (Fsp3) is 0.294. The molecule has 87 valence electrons. The van der Waals surface area contributed by atoms with Gasteiger partial charge in [0.15, 0.2) is 0 Å². The first-order valence-corrected chi connectivity index (χ1v) is 6.41. The molecule has 2 aromatic rings. The average Bonchev–Trinajstić information content (AvgIpc) is 2.40. The highest BCUT2D eigenvalue weighted by Gasteiger charge is 1.96. The Hall–Kier alpha value is -1.56. The standard InChI is InChI=1S/C17H19/c1-2-15-10-6-12-17(14-15)13-7-11-16-8-4-3-5-9-16/h4-6,8-10,12,14H,2,7,11,13H2,1H3. The van der Waals surface area contributed by atoms with E-state index in [1.54, 1.807) is 0 Å². The van der Waals surface area contributed by atoms with Crippen LogP contribution in [-0.2, 0) is 19.3 Å². The van der Waals surface area contributed by atoms with Gasteiger partial charge in [-0.3, -0.25) is 0 Å². The van der Waals surface area contributed by atoms with Gasteiger partial charge in [-0.1, -0.05) is 55.5 Å². The molecular formula is C17H19. The second kappa shape index (κ2) is 6.24. The van der Waals surface area contributed by atoms with E-state index in [0.29, 0.717) is 0 Å². The molecule has 0 heterocycles. The maximum Gasteiger partial charge on any atom is -0.0184 e. The molecule has 0 unspecified atom stereocenters. The molecule has 0 fully saturated rings. The molecule has 2 aromatic carbocycles. The van der Waals surface area contributed by atoms with Crippen LogP contribution in [0.3, 0.4) is 0 Å². The van der Waals surface area contributed by atoms with Crippen molar-refractivity contribution in [3.8, 4) is 0 Å². The van der Waals surface area contributed by atoms with Crippen molar-refractivity contribution in [3.63, 3.8) is 0 Å². The summed E-state index contributed by atoms with van der Waals surface area (Å²) >= 11 is 0. The van der Waals surface area contributed by atoms with Gasteiger partial charge in [-0.15, -0.1) is 0 Å². The van der Waals surface area contributed by atoms with Gasteiger partial charge in [0.2, 0.25) is 0 Å². The Morgan fingerprint density at radius 2 is 1.59 bits per heavy atom. The van der Waals surface area contributed by atoms with Crippen molar-refractivity contribution >= 4 is 0 Å². The van der Waals surface area contributed by atoms with E-state index in [9.17, 15) is 0 Å². The van der Waals surface area contributed by atoms with E-state index in [-0.39, 0.29) is 0 Å². The molecule has 17 heavy (non-hydrogen) atoms. The van der Waals surface area contributed by atoms with Crippen LogP contribution in [0.15, 0.2) is 48.5 Å². The zero-order chi connectivity index (χ0) is 11.9. The van der Waals surface area contributed by atoms with Crippen molar-refractivity contribution in [2.45, 2.75) is 32.6 Å². The first kappa shape index (κ1) is 11.9. The van der Waals surface area contributed by atoms with Crippen molar-refractivity contribution in [1.82, 2.24) is 0 Å². The average molecular weight is 223 g/mol. The number of hydrogen-bond acceptors (Lipinski definition) is 0. The summed E-state index contributed by atoms with van der Waals surface area (Å²) in [5.74, 6) is 0. The zero-order valence-corrected chi connectivity index (χ0v) is 10.4. The van der Waals surface area contributed by atoms with Crippen LogP contribution < -0.4 is 0 Å². The Morgan fingerprint density at radius 1 is 0.882 bits per heavy atom. The Kier molecular flexibility index (Phi) is 4.37. The lowest BCUT2D eigenvalue weighted by Gasteiger charge is -2.04. The lowest BCUT2D eigenvalue weighted by Crippen LogP contribution is -1.91. The third-order valence-corrected chi connectivity index (χ3v) is 3.12. The highest BCUT2D eigenvalue weighted by Crippen LogP contribution is 2.10. The largest absolute Gasteiger partial charge is 0.0617 e. The van der Waals surface area contributed by atoms with E-state index in [0.717, 1.165) is 12.8 Å². The maximum atomic E-state index is 3.06. The summed E-state index contributed by atoms with van der Waals surface area (Å²) in [5.41, 5.74) is 4.32. The number of aryl methyl sites for hydroxylation is 3. The van der Waals surface area contributed by atoms with E-state index in [1.807, 2.05) is 12.1 Å². The predicted octanol–water partition coefficient (Wildman–Crippen LogP) is 4.22. The third kappa shape index (κ3) is 3.74. The molecule has 0 bridgehead atoms. The Labute approximate surface area is 104 Å². The highest BCUT2D eigenvalue weighted by atomic mass is 14.0. The van der Waals surface area contributed by atoms with E-state index in [4.69, 9.17) is 0 Å². The Morgan fingerprint density at radius 3 is 2.35 bits per heavy atom. The minimum Gasteiger partial charge on any atom is -0.0617 e. The maximum absolute atomic E-state index is 3.06. The first-order chi connectivity index (χ1) is 8.38. The lowest BCUT2D eigenvalue weighted by atomic mass is 10.0. The van der Waals surface area contributed by atoms with Crippen LogP contribution in [0.1, 0.15) is 30.0 Å². The van der Waals surface area contributed by atoms with E-state index < -0.39 is 0 Å². The summed E-state index contributed by atoms with van der Waals surface area (Å²) in [5, 5.41) is 0. The minimum absolute atomic E-state index is 1.13. The van der Waals surface area contributed by atoms with Crippen molar-refractivity contribution in [3.05, 3.63) is 71.3 Å². The molecule has 0 saturated carbocycles. The molecule has 0 atom stereocenters. The van der Waals surface area contributed by atoms with Gasteiger partial charge >= 0.3 is 0 Å². The van der Waals surface area contributed by atoms with Crippen molar-refractivity contribution < 1.29 is 0 Å². The normalized spacial score (nSPS) is 10.4. The molecule has 0 aliphatic heterocycles. The number of rotatable bonds is 5. The summed E-state index contributed by atoms with van der Waals surface area (Å²) in [6.07, 6.45) is 4.68. The predicted molar refractivity (Wildman–Crippen MR) is 73.1 cm³/mol. The van der Waals surface area contributed by atoms with Gasteiger partial charge in [0.1, 0.15) is 0 Å². The lowest BCUT2D eigenvalue weighted by molar-refractivity contribution is 0.819. The first-order valence-electron chi connectivity index (χ1n) is 6.41. The van der Waals surface area contributed by atoms with Crippen LogP contribution in [-0.4, -0.2) is 0 Å². The molecule has 0 saturated heterocycles. The van der Waals surface area contributed by atoms with Crippen molar-refractivity contribution in [1.29, 1.82) is 0 Å². The molecular weight excluding hydrogens is 204 g/mol. The van der Waals surface area contributed by atoms with Gasteiger partial charge in [-0.25, -0.2) is 0 Å². The molecule has 0 N–H and O–H groups in total. The second-order valence-corrected chi connectivity index (χ2v) is 4.44. The van der Waals surface area contributed by atoms with Gasteiger partial charge in [-0.2, -0.15) is 0 Å². The molecule has 0 nitrogen and oxygen atoms in total. The van der Waals surface area contributed by atoms with Crippen molar-refractivity contribution in [2.24, 2.45) is 0 Å². The van der Waals surface area contributed by atoms with Gasteiger partial charge < -0.3 is 0 Å². The Bertz CT molecular complexity index is 443. The zero-order valence-electron chi connectivity index (χ0n) is 10.4. The van der Waals surface area contributed by atoms with Crippen LogP contribution in [0.25, 0.3) is 0 Å². The van der Waals surface area contributed by atoms with E-state index in [1.165, 1.54) is 29.5 Å². The molecule has 0 aromatic heterocycles. The SMILES string of the molecule is CCc1cccc(CCCc2cc[c]cc2)c1. The van der Waals surface area contributed by atoms with E-state index in [2.05, 4.69) is 49.4 Å². The third-order valence-electron chi connectivity index (χ3n) is 3.12. The summed E-state index contributed by atoms with van der Waals surface area (Å²) in [7, 11) is 0. The van der Waals surface area contributed by atoms with Gasteiger partial charge in [0.05, 0.1) is 0 Å². The molecule has 0 aliphatic rings. The van der Waals surface area contributed by atoms with Crippen LogP contribution in [0, 0.1) is 6.07 Å². The van der Waals surface area contributed by atoms with Crippen LogP contribution in [0.5, 0.6) is 0 Å². The fourth-order valence-electron chi connectivity index (χ4n) is 2.09. The molecule has 1 radical (unpaired) electrons. The molecule has 0 spiro atoms. The topological polar surface area (TPSA) is 0 Å². The van der Waals surface area contributed by atoms with Crippen LogP contribution >= 0.6 is 0 Å². The number of hydrogen-bond donors (Lipinski definition) is 0. The summed E-state index contributed by atoms with van der Waals surface area (Å²) in [6, 6.07) is 20.3. The molecule has 0 aliphatic carbocycles. The van der Waals surface area contributed by atoms with Crippen molar-refractivity contribution in [2.75, 3.05) is 0 Å². The van der Waals surface area contributed by atoms with Gasteiger partial charge in [0.25, 0.3) is 0 Å². The molecule has 2 rings (SSSR count). The monoisotopic (exact) mass is 223 g/mol. The summed E-state index contributed by atoms with van der Waals surface area (Å²) in [6.45, 7) is 2.21. The van der Waals surface area contributed by atoms with Gasteiger partial charge in [0, 0.05) is 0 Å². The summed E-state index contributed by atoms with van der Waals surface area (Å²) < 4.78 is 0. The quantitative estimate of drug-likeness (QED) is 0.711. The molecule has 0 amide bonds. The highest BCUT2D eigenvalue weighted by molar-refractivity contribution is 5.23. The Balaban J connectivity index is 1.86. The fourth-order valence-corrected chi connectivity index (χ4v) is 2.09.